The third-order valence-corrected chi connectivity index (χ3v) is 3.87. The molecule has 0 unspecified atom stereocenters. The van der Waals surface area contributed by atoms with Crippen LogP contribution in [0.3, 0.4) is 0 Å². The van der Waals surface area contributed by atoms with Gasteiger partial charge in [0.25, 0.3) is 0 Å². The van der Waals surface area contributed by atoms with Crippen LogP contribution in [0, 0.1) is 18.2 Å². The van der Waals surface area contributed by atoms with Crippen LogP contribution in [-0.4, -0.2) is 36.2 Å². The Bertz CT molecular complexity index is 486. The molecule has 2 rings (SSSR count). The van der Waals surface area contributed by atoms with E-state index in [1.54, 1.807) is 0 Å². The van der Waals surface area contributed by atoms with Gasteiger partial charge < -0.3 is 10.4 Å². The first-order chi connectivity index (χ1) is 9.30. The van der Waals surface area contributed by atoms with E-state index in [2.05, 4.69) is 31.0 Å². The SMILES string of the molecule is Cc1cc(F)c(O)c([C@H](N2CCNCC2)C(C)(C)C)c1.Cl.Cl. The summed E-state index contributed by atoms with van der Waals surface area (Å²) in [5.74, 6) is -0.724. The number of aromatic hydroxyl groups is 1. The van der Waals surface area contributed by atoms with Gasteiger partial charge in [0, 0.05) is 37.8 Å². The Balaban J connectivity index is 0.00000220. The van der Waals surface area contributed by atoms with E-state index in [0.717, 1.165) is 31.7 Å². The summed E-state index contributed by atoms with van der Waals surface area (Å²) in [5, 5.41) is 13.5. The zero-order valence-electron chi connectivity index (χ0n) is 13.6. The van der Waals surface area contributed by atoms with E-state index in [4.69, 9.17) is 0 Å². The molecule has 1 fully saturated rings. The van der Waals surface area contributed by atoms with Gasteiger partial charge in [-0.2, -0.15) is 0 Å². The van der Waals surface area contributed by atoms with Crippen LogP contribution in [0.2, 0.25) is 0 Å². The summed E-state index contributed by atoms with van der Waals surface area (Å²) < 4.78 is 13.9. The Morgan fingerprint density at radius 1 is 1.18 bits per heavy atom. The maximum atomic E-state index is 13.9. The lowest BCUT2D eigenvalue weighted by atomic mass is 9.80. The molecule has 1 aromatic rings. The van der Waals surface area contributed by atoms with E-state index < -0.39 is 5.82 Å². The van der Waals surface area contributed by atoms with Crippen LogP contribution in [0.1, 0.15) is 37.9 Å². The monoisotopic (exact) mass is 352 g/mol. The van der Waals surface area contributed by atoms with E-state index in [-0.39, 0.29) is 42.0 Å². The molecule has 0 spiro atoms. The lowest BCUT2D eigenvalue weighted by Crippen LogP contribution is -2.48. The zero-order chi connectivity index (χ0) is 14.9. The van der Waals surface area contributed by atoms with Crippen molar-refractivity contribution in [1.82, 2.24) is 10.2 Å². The van der Waals surface area contributed by atoms with Crippen LogP contribution in [0.4, 0.5) is 4.39 Å². The predicted molar refractivity (Wildman–Crippen MR) is 93.9 cm³/mol. The standard InChI is InChI=1S/C16H25FN2O.2ClH/c1-11-9-12(14(20)13(17)10-11)15(16(2,3)4)19-7-5-18-6-8-19;;/h9-10,15,18,20H,5-8H2,1-4H3;2*1H/t15-;;/m0../s1. The van der Waals surface area contributed by atoms with E-state index in [1.807, 2.05) is 13.0 Å². The van der Waals surface area contributed by atoms with Crippen LogP contribution in [0.5, 0.6) is 5.75 Å². The van der Waals surface area contributed by atoms with Crippen molar-refractivity contribution < 1.29 is 9.50 Å². The molecular formula is C16H27Cl2FN2O. The average molecular weight is 353 g/mol. The van der Waals surface area contributed by atoms with Crippen molar-refractivity contribution in [3.05, 3.63) is 29.1 Å². The topological polar surface area (TPSA) is 35.5 Å². The maximum absolute atomic E-state index is 13.9. The molecule has 0 aromatic heterocycles. The molecule has 1 heterocycles. The maximum Gasteiger partial charge on any atom is 0.165 e. The van der Waals surface area contributed by atoms with Gasteiger partial charge in [-0.05, 0) is 24.0 Å². The number of phenolic OH excluding ortho intramolecular Hbond substituents is 1. The van der Waals surface area contributed by atoms with Gasteiger partial charge in [-0.25, -0.2) is 4.39 Å². The van der Waals surface area contributed by atoms with Crippen molar-refractivity contribution in [3.63, 3.8) is 0 Å². The summed E-state index contributed by atoms with van der Waals surface area (Å²) in [7, 11) is 0. The Hall–Kier alpha value is -0.550. The van der Waals surface area contributed by atoms with Crippen LogP contribution in [0.25, 0.3) is 0 Å². The van der Waals surface area contributed by atoms with Crippen molar-refractivity contribution in [2.75, 3.05) is 26.2 Å². The minimum Gasteiger partial charge on any atom is -0.505 e. The lowest BCUT2D eigenvalue weighted by Gasteiger charge is -2.42. The number of hydrogen-bond acceptors (Lipinski definition) is 3. The summed E-state index contributed by atoms with van der Waals surface area (Å²) in [4.78, 5) is 2.34. The van der Waals surface area contributed by atoms with Crippen LogP contribution in [0.15, 0.2) is 12.1 Å². The fourth-order valence-electron chi connectivity index (χ4n) is 3.12. The van der Waals surface area contributed by atoms with Gasteiger partial charge >= 0.3 is 0 Å². The van der Waals surface area contributed by atoms with Crippen molar-refractivity contribution in [2.24, 2.45) is 5.41 Å². The number of phenols is 1. The molecule has 1 atom stereocenters. The third kappa shape index (κ3) is 4.72. The number of halogens is 3. The lowest BCUT2D eigenvalue weighted by molar-refractivity contribution is 0.0838. The number of aryl methyl sites for hydroxylation is 1. The van der Waals surface area contributed by atoms with E-state index in [1.165, 1.54) is 6.07 Å². The van der Waals surface area contributed by atoms with Crippen molar-refractivity contribution in [2.45, 2.75) is 33.7 Å². The Kier molecular flexibility index (Phi) is 8.14. The number of piperazine rings is 1. The molecule has 128 valence electrons. The number of nitrogens with zero attached hydrogens (tertiary/aromatic N) is 1. The quantitative estimate of drug-likeness (QED) is 0.852. The summed E-state index contributed by atoms with van der Waals surface area (Å²) in [6.07, 6.45) is 0. The van der Waals surface area contributed by atoms with Gasteiger partial charge in [0.1, 0.15) is 0 Å². The van der Waals surface area contributed by atoms with Crippen LogP contribution >= 0.6 is 24.8 Å². The Labute approximate surface area is 145 Å². The second kappa shape index (κ2) is 8.34. The first-order valence-electron chi connectivity index (χ1n) is 7.24. The number of nitrogens with one attached hydrogen (secondary N) is 1. The highest BCUT2D eigenvalue weighted by atomic mass is 35.5. The van der Waals surface area contributed by atoms with E-state index in [0.29, 0.717) is 5.56 Å². The van der Waals surface area contributed by atoms with Gasteiger partial charge in [-0.1, -0.05) is 26.8 Å². The minimum atomic E-state index is -0.524. The number of benzene rings is 1. The molecule has 3 nitrogen and oxygen atoms in total. The molecular weight excluding hydrogens is 326 g/mol. The Morgan fingerprint density at radius 3 is 2.23 bits per heavy atom. The molecule has 22 heavy (non-hydrogen) atoms. The summed E-state index contributed by atoms with van der Waals surface area (Å²) in [6.45, 7) is 12.0. The van der Waals surface area contributed by atoms with Crippen molar-refractivity contribution >= 4 is 24.8 Å². The molecule has 0 aliphatic carbocycles. The summed E-state index contributed by atoms with van der Waals surface area (Å²) >= 11 is 0. The highest BCUT2D eigenvalue weighted by Crippen LogP contribution is 2.42. The van der Waals surface area contributed by atoms with Crippen LogP contribution in [-0.2, 0) is 0 Å². The highest BCUT2D eigenvalue weighted by Gasteiger charge is 2.35. The smallest absolute Gasteiger partial charge is 0.165 e. The molecule has 1 aromatic carbocycles. The molecule has 1 aliphatic rings. The average Bonchev–Trinajstić information content (AvgIpc) is 2.35. The molecule has 1 aliphatic heterocycles. The Morgan fingerprint density at radius 2 is 1.73 bits per heavy atom. The zero-order valence-corrected chi connectivity index (χ0v) is 15.3. The fourth-order valence-corrected chi connectivity index (χ4v) is 3.12. The number of rotatable bonds is 2. The largest absolute Gasteiger partial charge is 0.505 e. The number of hydrogen-bond donors (Lipinski definition) is 2. The first-order valence-corrected chi connectivity index (χ1v) is 7.24. The fraction of sp³-hybridized carbons (Fsp3) is 0.625. The first kappa shape index (κ1) is 21.4. The summed E-state index contributed by atoms with van der Waals surface area (Å²) in [5.41, 5.74) is 1.48. The molecule has 0 saturated carbocycles. The second-order valence-corrected chi connectivity index (χ2v) is 6.74. The van der Waals surface area contributed by atoms with Gasteiger partial charge in [0.05, 0.1) is 0 Å². The van der Waals surface area contributed by atoms with E-state index in [9.17, 15) is 9.50 Å². The molecule has 1 saturated heterocycles. The minimum absolute atomic E-state index is 0. The molecule has 6 heteroatoms. The highest BCUT2D eigenvalue weighted by molar-refractivity contribution is 5.85. The predicted octanol–water partition coefficient (Wildman–Crippen LogP) is 3.68. The summed E-state index contributed by atoms with van der Waals surface area (Å²) in [6, 6.07) is 3.31. The van der Waals surface area contributed by atoms with Crippen molar-refractivity contribution in [3.8, 4) is 5.75 Å². The van der Waals surface area contributed by atoms with Crippen molar-refractivity contribution in [1.29, 1.82) is 0 Å². The molecule has 0 amide bonds. The molecule has 0 radical (unpaired) electrons. The van der Waals surface area contributed by atoms with Gasteiger partial charge in [-0.15, -0.1) is 24.8 Å². The van der Waals surface area contributed by atoms with Crippen LogP contribution < -0.4 is 5.32 Å². The molecule has 0 bridgehead atoms. The molecule has 2 N–H and O–H groups in total. The second-order valence-electron chi connectivity index (χ2n) is 6.74. The van der Waals surface area contributed by atoms with E-state index >= 15 is 0 Å². The van der Waals surface area contributed by atoms with Gasteiger partial charge in [-0.3, -0.25) is 4.90 Å². The van der Waals surface area contributed by atoms with Gasteiger partial charge in [0.2, 0.25) is 0 Å². The van der Waals surface area contributed by atoms with Gasteiger partial charge in [0.15, 0.2) is 11.6 Å². The normalized spacial score (nSPS) is 17.3. The third-order valence-electron chi connectivity index (χ3n) is 3.87.